The van der Waals surface area contributed by atoms with E-state index in [1.807, 2.05) is 0 Å². The molecule has 0 atom stereocenters. The molecule has 6 aromatic rings. The smallest absolute Gasteiger partial charge is 0.0546 e. The minimum Gasteiger partial charge on any atom is -0.310 e. The van der Waals surface area contributed by atoms with Gasteiger partial charge in [-0.2, -0.15) is 0 Å². The third-order valence-electron chi connectivity index (χ3n) is 8.04. The highest BCUT2D eigenvalue weighted by Crippen LogP contribution is 2.54. The molecule has 1 nitrogen and oxygen atoms in total. The third-order valence-corrected chi connectivity index (χ3v) is 8.04. The molecule has 0 saturated heterocycles. The molecule has 0 heterocycles. The van der Waals surface area contributed by atoms with Gasteiger partial charge in [-0.05, 0) is 75.0 Å². The van der Waals surface area contributed by atoms with Gasteiger partial charge in [-0.25, -0.2) is 0 Å². The molecule has 0 spiro atoms. The fourth-order valence-corrected chi connectivity index (χ4v) is 6.16. The van der Waals surface area contributed by atoms with E-state index >= 15 is 0 Å². The first-order valence-corrected chi connectivity index (χ1v) is 13.3. The summed E-state index contributed by atoms with van der Waals surface area (Å²) in [6, 6.07) is 50.6. The predicted octanol–water partition coefficient (Wildman–Crippen LogP) is 10.3. The van der Waals surface area contributed by atoms with E-state index in [1.54, 1.807) is 0 Å². The van der Waals surface area contributed by atoms with Gasteiger partial charge in [-0.15, -0.1) is 0 Å². The van der Waals surface area contributed by atoms with Crippen molar-refractivity contribution in [2.75, 3.05) is 4.90 Å². The van der Waals surface area contributed by atoms with Crippen LogP contribution in [0.25, 0.3) is 33.0 Å². The maximum absolute atomic E-state index is 2.42. The van der Waals surface area contributed by atoms with E-state index in [4.69, 9.17) is 0 Å². The van der Waals surface area contributed by atoms with Gasteiger partial charge < -0.3 is 4.90 Å². The lowest BCUT2D eigenvalue weighted by atomic mass is 9.67. The van der Waals surface area contributed by atoms with Gasteiger partial charge in [-0.1, -0.05) is 117 Å². The average Bonchev–Trinajstić information content (AvgIpc) is 2.98. The van der Waals surface area contributed by atoms with Crippen molar-refractivity contribution in [3.8, 4) is 22.3 Å². The van der Waals surface area contributed by atoms with Gasteiger partial charge in [-0.3, -0.25) is 0 Å². The Balaban J connectivity index is 1.57. The van der Waals surface area contributed by atoms with Crippen molar-refractivity contribution in [1.29, 1.82) is 0 Å². The van der Waals surface area contributed by atoms with E-state index in [0.717, 1.165) is 11.4 Å². The Morgan fingerprint density at radius 2 is 1.13 bits per heavy atom. The van der Waals surface area contributed by atoms with Crippen molar-refractivity contribution in [2.45, 2.75) is 19.3 Å². The van der Waals surface area contributed by atoms with Crippen LogP contribution in [0.5, 0.6) is 0 Å². The molecule has 1 aliphatic rings. The maximum Gasteiger partial charge on any atom is 0.0546 e. The summed E-state index contributed by atoms with van der Waals surface area (Å²) in [5.74, 6) is 0. The molecule has 0 fully saturated rings. The fourth-order valence-electron chi connectivity index (χ4n) is 6.16. The summed E-state index contributed by atoms with van der Waals surface area (Å²) in [7, 11) is 0. The summed E-state index contributed by atoms with van der Waals surface area (Å²) in [4.78, 5) is 2.40. The molecule has 0 amide bonds. The van der Waals surface area contributed by atoms with Gasteiger partial charge in [0, 0.05) is 22.4 Å². The Hall–Kier alpha value is -4.62. The van der Waals surface area contributed by atoms with Gasteiger partial charge >= 0.3 is 0 Å². The number of rotatable bonds is 4. The Bertz CT molecular complexity index is 1730. The first-order chi connectivity index (χ1) is 18.6. The van der Waals surface area contributed by atoms with Crippen molar-refractivity contribution in [1.82, 2.24) is 0 Å². The van der Waals surface area contributed by atoms with Crippen LogP contribution in [0.3, 0.4) is 0 Å². The van der Waals surface area contributed by atoms with Crippen molar-refractivity contribution in [2.24, 2.45) is 0 Å². The van der Waals surface area contributed by atoms with Crippen LogP contribution in [0.15, 0.2) is 140 Å². The Morgan fingerprint density at radius 3 is 1.79 bits per heavy atom. The third kappa shape index (κ3) is 3.47. The van der Waals surface area contributed by atoms with Crippen LogP contribution in [0.2, 0.25) is 0 Å². The zero-order valence-corrected chi connectivity index (χ0v) is 21.7. The Morgan fingerprint density at radius 1 is 0.500 bits per heavy atom. The minimum absolute atomic E-state index is 0.129. The minimum atomic E-state index is -0.129. The monoisotopic (exact) mass is 487 g/mol. The maximum atomic E-state index is 2.42. The lowest BCUT2D eigenvalue weighted by Crippen LogP contribution is -2.24. The molecule has 0 aromatic heterocycles. The summed E-state index contributed by atoms with van der Waals surface area (Å²) in [6.45, 7) is 4.74. The number of fused-ring (bicyclic) bond motifs is 2. The highest BCUT2D eigenvalue weighted by Gasteiger charge is 2.35. The van der Waals surface area contributed by atoms with Crippen LogP contribution in [-0.4, -0.2) is 0 Å². The number of anilines is 3. The van der Waals surface area contributed by atoms with Gasteiger partial charge in [0.05, 0.1) is 5.69 Å². The molecule has 0 unspecified atom stereocenters. The summed E-state index contributed by atoms with van der Waals surface area (Å²) in [5.41, 5.74) is 11.2. The molecule has 6 aromatic carbocycles. The number of nitrogens with zero attached hydrogens (tertiary/aromatic N) is 1. The van der Waals surface area contributed by atoms with E-state index < -0.39 is 0 Å². The zero-order valence-electron chi connectivity index (χ0n) is 21.7. The van der Waals surface area contributed by atoms with Crippen LogP contribution in [0, 0.1) is 0 Å². The largest absolute Gasteiger partial charge is 0.310 e. The van der Waals surface area contributed by atoms with Gasteiger partial charge in [0.25, 0.3) is 0 Å². The highest BCUT2D eigenvalue weighted by molar-refractivity contribution is 6.10. The van der Waals surface area contributed by atoms with E-state index in [-0.39, 0.29) is 5.41 Å². The zero-order chi connectivity index (χ0) is 25.7. The summed E-state index contributed by atoms with van der Waals surface area (Å²) >= 11 is 0. The number of hydrogen-bond donors (Lipinski definition) is 0. The van der Waals surface area contributed by atoms with E-state index in [2.05, 4.69) is 158 Å². The summed E-state index contributed by atoms with van der Waals surface area (Å²) < 4.78 is 0. The van der Waals surface area contributed by atoms with E-state index in [9.17, 15) is 0 Å². The molecule has 7 rings (SSSR count). The second-order valence-electron chi connectivity index (χ2n) is 10.6. The van der Waals surface area contributed by atoms with Gasteiger partial charge in [0.1, 0.15) is 0 Å². The number of benzene rings is 6. The molecule has 1 heteroatoms. The van der Waals surface area contributed by atoms with E-state index in [1.165, 1.54) is 49.8 Å². The van der Waals surface area contributed by atoms with Crippen molar-refractivity contribution >= 4 is 27.8 Å². The van der Waals surface area contributed by atoms with Crippen LogP contribution in [0.4, 0.5) is 17.1 Å². The van der Waals surface area contributed by atoms with Crippen molar-refractivity contribution in [3.05, 3.63) is 151 Å². The van der Waals surface area contributed by atoms with Gasteiger partial charge in [0.2, 0.25) is 0 Å². The molecular weight excluding hydrogens is 458 g/mol. The fraction of sp³-hybridized carbons (Fsp3) is 0.0811. The highest BCUT2D eigenvalue weighted by atomic mass is 15.1. The molecule has 0 aliphatic heterocycles. The SMILES string of the molecule is CC1(C)c2cc(-c3ccccc3)ccc2-c2c(N(c3ccccc3)c3ccccc3)ccc3cccc1c23. The first-order valence-electron chi connectivity index (χ1n) is 13.3. The molecule has 1 aliphatic carbocycles. The molecule has 0 saturated carbocycles. The average molecular weight is 488 g/mol. The normalized spacial score (nSPS) is 13.2. The van der Waals surface area contributed by atoms with Crippen molar-refractivity contribution < 1.29 is 0 Å². The van der Waals surface area contributed by atoms with Gasteiger partial charge in [0.15, 0.2) is 0 Å². The van der Waals surface area contributed by atoms with Crippen molar-refractivity contribution in [3.63, 3.8) is 0 Å². The summed E-state index contributed by atoms with van der Waals surface area (Å²) in [6.07, 6.45) is 0. The molecular formula is C37H29N. The van der Waals surface area contributed by atoms with E-state index in [0.29, 0.717) is 0 Å². The lowest BCUT2D eigenvalue weighted by Gasteiger charge is -2.38. The standard InChI is InChI=1S/C37H29N/c1-37(2)32-20-12-15-27-22-24-34(38(29-16-8-4-9-17-29)30-18-10-5-11-19-30)36(35(27)32)31-23-21-28(25-33(31)37)26-13-6-3-7-14-26/h3-25H,1-2H3. The molecule has 38 heavy (non-hydrogen) atoms. The predicted molar refractivity (Wildman–Crippen MR) is 162 cm³/mol. The number of hydrogen-bond acceptors (Lipinski definition) is 1. The van der Waals surface area contributed by atoms with Crippen LogP contribution in [-0.2, 0) is 5.41 Å². The quantitative estimate of drug-likeness (QED) is 0.239. The topological polar surface area (TPSA) is 3.24 Å². The first kappa shape index (κ1) is 22.6. The Kier molecular flexibility index (Phi) is 5.19. The Labute approximate surface area is 224 Å². The molecule has 0 bridgehead atoms. The van der Waals surface area contributed by atoms with Crippen LogP contribution in [0.1, 0.15) is 25.0 Å². The lowest BCUT2D eigenvalue weighted by molar-refractivity contribution is 0.645. The second kappa shape index (κ2) is 8.75. The van der Waals surface area contributed by atoms with Crippen LogP contribution >= 0.6 is 0 Å². The second-order valence-corrected chi connectivity index (χ2v) is 10.6. The molecule has 0 radical (unpaired) electrons. The molecule has 0 N–H and O–H groups in total. The van der Waals surface area contributed by atoms with Crippen LogP contribution < -0.4 is 4.90 Å². The molecule has 182 valence electrons. The summed E-state index contributed by atoms with van der Waals surface area (Å²) in [5, 5.41) is 2.64. The number of para-hydroxylation sites is 2.